The third-order valence-corrected chi connectivity index (χ3v) is 3.10. The van der Waals surface area contributed by atoms with Crippen LogP contribution in [-0.4, -0.2) is 28.6 Å². The third-order valence-electron chi connectivity index (χ3n) is 2.12. The summed E-state index contributed by atoms with van der Waals surface area (Å²) >= 11 is 1.45. The Balaban J connectivity index is 2.24. The summed E-state index contributed by atoms with van der Waals surface area (Å²) in [6.07, 6.45) is 4.23. The Morgan fingerprint density at radius 2 is 2.28 bits per heavy atom. The molecule has 0 unspecified atom stereocenters. The van der Waals surface area contributed by atoms with Crippen molar-refractivity contribution < 1.29 is 14.7 Å². The number of hydrogen-bond acceptors (Lipinski definition) is 4. The average molecular weight is 271 g/mol. The normalized spacial score (nSPS) is 10.1. The summed E-state index contributed by atoms with van der Waals surface area (Å²) < 4.78 is 0. The number of amides is 2. The van der Waals surface area contributed by atoms with Crippen LogP contribution < -0.4 is 10.6 Å². The largest absolute Gasteiger partial charge is 0.481 e. The standard InChI is InChI=1S/C11H17N3O3S/c1-2-4-8-7-13-11(18-8)14-10(17)12-6-3-5-9(15)16/h7H,2-6H2,1H3,(H,15,16)(H2,12,13,14,17). The Labute approximate surface area is 109 Å². The van der Waals surface area contributed by atoms with Gasteiger partial charge < -0.3 is 10.4 Å². The van der Waals surface area contributed by atoms with Crippen molar-refractivity contribution in [1.29, 1.82) is 0 Å². The summed E-state index contributed by atoms with van der Waals surface area (Å²) in [4.78, 5) is 26.9. The van der Waals surface area contributed by atoms with Gasteiger partial charge in [0, 0.05) is 24.0 Å². The molecule has 6 nitrogen and oxygen atoms in total. The molecule has 0 fully saturated rings. The van der Waals surface area contributed by atoms with E-state index in [-0.39, 0.29) is 12.5 Å². The summed E-state index contributed by atoms with van der Waals surface area (Å²) in [5, 5.41) is 14.2. The summed E-state index contributed by atoms with van der Waals surface area (Å²) in [6, 6.07) is -0.349. The number of nitrogens with one attached hydrogen (secondary N) is 2. The molecule has 0 atom stereocenters. The highest BCUT2D eigenvalue weighted by Gasteiger charge is 2.05. The minimum atomic E-state index is -0.860. The molecule has 100 valence electrons. The van der Waals surface area contributed by atoms with Crippen LogP contribution in [0.25, 0.3) is 0 Å². The Kier molecular flexibility index (Phi) is 6.13. The molecule has 0 aliphatic heterocycles. The molecule has 18 heavy (non-hydrogen) atoms. The van der Waals surface area contributed by atoms with Crippen molar-refractivity contribution in [3.63, 3.8) is 0 Å². The smallest absolute Gasteiger partial charge is 0.321 e. The molecule has 1 rings (SSSR count). The monoisotopic (exact) mass is 271 g/mol. The lowest BCUT2D eigenvalue weighted by Crippen LogP contribution is -2.29. The lowest BCUT2D eigenvalue weighted by molar-refractivity contribution is -0.137. The summed E-state index contributed by atoms with van der Waals surface area (Å²) in [7, 11) is 0. The van der Waals surface area contributed by atoms with Crippen molar-refractivity contribution in [2.45, 2.75) is 32.6 Å². The van der Waals surface area contributed by atoms with E-state index in [1.807, 2.05) is 0 Å². The second-order valence-corrected chi connectivity index (χ2v) is 4.88. The van der Waals surface area contributed by atoms with E-state index in [1.165, 1.54) is 11.3 Å². The SMILES string of the molecule is CCCc1cnc(NC(=O)NCCCC(=O)O)s1. The highest BCUT2D eigenvalue weighted by atomic mass is 32.1. The lowest BCUT2D eigenvalue weighted by Gasteiger charge is -2.03. The molecule has 0 saturated carbocycles. The predicted octanol–water partition coefficient (Wildman–Crippen LogP) is 2.08. The molecule has 1 heterocycles. The maximum atomic E-state index is 11.4. The van der Waals surface area contributed by atoms with Crippen LogP contribution in [0.3, 0.4) is 0 Å². The van der Waals surface area contributed by atoms with E-state index in [0.29, 0.717) is 18.1 Å². The number of urea groups is 1. The zero-order valence-electron chi connectivity index (χ0n) is 10.2. The van der Waals surface area contributed by atoms with Gasteiger partial charge in [0.05, 0.1) is 0 Å². The van der Waals surface area contributed by atoms with Crippen molar-refractivity contribution >= 4 is 28.5 Å². The second-order valence-electron chi connectivity index (χ2n) is 3.76. The summed E-state index contributed by atoms with van der Waals surface area (Å²) in [5.41, 5.74) is 0. The lowest BCUT2D eigenvalue weighted by atomic mass is 10.3. The minimum Gasteiger partial charge on any atom is -0.481 e. The number of aromatic nitrogens is 1. The third kappa shape index (κ3) is 5.62. The van der Waals surface area contributed by atoms with Crippen LogP contribution in [0.15, 0.2) is 6.20 Å². The molecule has 0 spiro atoms. The maximum absolute atomic E-state index is 11.4. The fourth-order valence-corrected chi connectivity index (χ4v) is 2.22. The van der Waals surface area contributed by atoms with Crippen LogP contribution in [0.4, 0.5) is 9.93 Å². The molecule has 1 aromatic heterocycles. The highest BCUT2D eigenvalue weighted by Crippen LogP contribution is 2.18. The molecular weight excluding hydrogens is 254 g/mol. The van der Waals surface area contributed by atoms with Crippen LogP contribution in [0, 0.1) is 0 Å². The van der Waals surface area contributed by atoms with Gasteiger partial charge in [0.2, 0.25) is 0 Å². The number of carbonyl (C=O) groups is 2. The Morgan fingerprint density at radius 1 is 1.50 bits per heavy atom. The van der Waals surface area contributed by atoms with Crippen LogP contribution in [-0.2, 0) is 11.2 Å². The van der Waals surface area contributed by atoms with Gasteiger partial charge in [-0.2, -0.15) is 0 Å². The maximum Gasteiger partial charge on any atom is 0.321 e. The number of rotatable bonds is 7. The number of hydrogen-bond donors (Lipinski definition) is 3. The predicted molar refractivity (Wildman–Crippen MR) is 70.0 cm³/mol. The van der Waals surface area contributed by atoms with Crippen molar-refractivity contribution in [3.05, 3.63) is 11.1 Å². The first-order chi connectivity index (χ1) is 8.61. The van der Waals surface area contributed by atoms with Crippen molar-refractivity contribution in [3.8, 4) is 0 Å². The number of aliphatic carboxylic acids is 1. The van der Waals surface area contributed by atoms with Gasteiger partial charge in [0.15, 0.2) is 5.13 Å². The first-order valence-corrected chi connectivity index (χ1v) is 6.64. The van der Waals surface area contributed by atoms with E-state index in [9.17, 15) is 9.59 Å². The first-order valence-electron chi connectivity index (χ1n) is 5.83. The van der Waals surface area contributed by atoms with Crippen LogP contribution in [0.5, 0.6) is 0 Å². The second kappa shape index (κ2) is 7.65. The van der Waals surface area contributed by atoms with Crippen molar-refractivity contribution in [1.82, 2.24) is 10.3 Å². The zero-order valence-corrected chi connectivity index (χ0v) is 11.0. The molecule has 0 aliphatic carbocycles. The summed E-state index contributed by atoms with van der Waals surface area (Å²) in [5.74, 6) is -0.860. The van der Waals surface area contributed by atoms with Crippen molar-refractivity contribution in [2.24, 2.45) is 0 Å². The summed E-state index contributed by atoms with van der Waals surface area (Å²) in [6.45, 7) is 2.42. The Hall–Kier alpha value is -1.63. The molecule has 0 bridgehead atoms. The number of aryl methyl sites for hydroxylation is 1. The van der Waals surface area contributed by atoms with Gasteiger partial charge in [0.25, 0.3) is 0 Å². The van der Waals surface area contributed by atoms with E-state index in [0.717, 1.165) is 17.7 Å². The first kappa shape index (κ1) is 14.4. The fraction of sp³-hybridized carbons (Fsp3) is 0.545. The number of anilines is 1. The van der Waals surface area contributed by atoms with E-state index in [2.05, 4.69) is 22.5 Å². The van der Waals surface area contributed by atoms with Gasteiger partial charge in [-0.15, -0.1) is 11.3 Å². The molecule has 0 radical (unpaired) electrons. The molecule has 2 amide bonds. The van der Waals surface area contributed by atoms with E-state index >= 15 is 0 Å². The average Bonchev–Trinajstić information content (AvgIpc) is 2.72. The molecule has 0 aliphatic rings. The van der Waals surface area contributed by atoms with Gasteiger partial charge in [-0.1, -0.05) is 13.3 Å². The van der Waals surface area contributed by atoms with Gasteiger partial charge in [-0.05, 0) is 12.8 Å². The number of carbonyl (C=O) groups excluding carboxylic acids is 1. The van der Waals surface area contributed by atoms with Crippen molar-refractivity contribution in [2.75, 3.05) is 11.9 Å². The number of nitrogens with zero attached hydrogens (tertiary/aromatic N) is 1. The van der Waals surface area contributed by atoms with E-state index in [4.69, 9.17) is 5.11 Å². The number of carboxylic acids is 1. The van der Waals surface area contributed by atoms with E-state index in [1.54, 1.807) is 6.20 Å². The minimum absolute atomic E-state index is 0.0538. The number of carboxylic acid groups (broad SMARTS) is 1. The van der Waals surface area contributed by atoms with Crippen LogP contribution in [0.1, 0.15) is 31.1 Å². The highest BCUT2D eigenvalue weighted by molar-refractivity contribution is 7.15. The topological polar surface area (TPSA) is 91.3 Å². The van der Waals surface area contributed by atoms with Gasteiger partial charge in [-0.3, -0.25) is 10.1 Å². The van der Waals surface area contributed by atoms with Gasteiger partial charge in [0.1, 0.15) is 0 Å². The molecule has 0 aromatic carbocycles. The molecule has 3 N–H and O–H groups in total. The van der Waals surface area contributed by atoms with E-state index < -0.39 is 5.97 Å². The Bertz CT molecular complexity index is 406. The molecular formula is C11H17N3O3S. The fourth-order valence-electron chi connectivity index (χ4n) is 1.31. The zero-order chi connectivity index (χ0) is 13.4. The molecule has 1 aromatic rings. The quantitative estimate of drug-likeness (QED) is 0.662. The van der Waals surface area contributed by atoms with Gasteiger partial charge in [-0.25, -0.2) is 9.78 Å². The molecule has 0 saturated heterocycles. The Morgan fingerprint density at radius 3 is 2.94 bits per heavy atom. The number of thiazole rings is 1. The van der Waals surface area contributed by atoms with Gasteiger partial charge >= 0.3 is 12.0 Å². The molecule has 7 heteroatoms. The van der Waals surface area contributed by atoms with Crippen LogP contribution >= 0.6 is 11.3 Å². The van der Waals surface area contributed by atoms with Crippen LogP contribution in [0.2, 0.25) is 0 Å².